The van der Waals surface area contributed by atoms with E-state index in [1.54, 1.807) is 0 Å². The summed E-state index contributed by atoms with van der Waals surface area (Å²) in [6, 6.07) is 8.64. The molecule has 1 aliphatic heterocycles. The predicted molar refractivity (Wildman–Crippen MR) is 119 cm³/mol. The molecule has 1 saturated carbocycles. The van der Waals surface area contributed by atoms with Gasteiger partial charge in [-0.05, 0) is 55.6 Å². The Morgan fingerprint density at radius 3 is 2.30 bits per heavy atom. The lowest BCUT2D eigenvalue weighted by molar-refractivity contribution is -0.137. The lowest BCUT2D eigenvalue weighted by Crippen LogP contribution is -2.46. The number of hydrogen-bond acceptors (Lipinski definition) is 3. The van der Waals surface area contributed by atoms with E-state index in [1.165, 1.54) is 5.56 Å². The van der Waals surface area contributed by atoms with Crippen LogP contribution in [0, 0.1) is 5.92 Å². The minimum Gasteiger partial charge on any atom is -0.382 e. The van der Waals surface area contributed by atoms with Crippen LogP contribution in [0.2, 0.25) is 0 Å². The van der Waals surface area contributed by atoms with Gasteiger partial charge in [-0.1, -0.05) is 45.0 Å². The number of likely N-dealkylation sites (tertiary alicyclic amines) is 1. The second-order valence-corrected chi connectivity index (χ2v) is 9.82. The van der Waals surface area contributed by atoms with Crippen molar-refractivity contribution in [3.63, 3.8) is 0 Å². The van der Waals surface area contributed by atoms with Crippen LogP contribution in [0.5, 0.6) is 0 Å². The number of carbonyl (C=O) groups excluding carboxylic acids is 2. The standard InChI is InChI=1S/C25H38N2O3/c1-5-30-18-6-15-26-22(28)19-11-16-27(17-12-19)23(29)25(13-14-25)21-9-7-20(8-10-21)24(2,3)4/h7-10,19H,5-6,11-18H2,1-4H3,(H,26,28). The topological polar surface area (TPSA) is 58.6 Å². The molecule has 1 aromatic rings. The summed E-state index contributed by atoms with van der Waals surface area (Å²) in [5.74, 6) is 0.390. The van der Waals surface area contributed by atoms with Crippen molar-refractivity contribution in [1.82, 2.24) is 10.2 Å². The average Bonchev–Trinajstić information content (AvgIpc) is 3.54. The Balaban J connectivity index is 1.51. The van der Waals surface area contributed by atoms with Crippen LogP contribution in [0.4, 0.5) is 0 Å². The summed E-state index contributed by atoms with van der Waals surface area (Å²) in [7, 11) is 0. The van der Waals surface area contributed by atoms with E-state index < -0.39 is 0 Å². The number of nitrogens with one attached hydrogen (secondary N) is 1. The minimum absolute atomic E-state index is 0.0161. The maximum absolute atomic E-state index is 13.3. The van der Waals surface area contributed by atoms with Crippen LogP contribution < -0.4 is 5.32 Å². The monoisotopic (exact) mass is 414 g/mol. The molecule has 1 aromatic carbocycles. The number of amides is 2. The van der Waals surface area contributed by atoms with E-state index in [9.17, 15) is 9.59 Å². The van der Waals surface area contributed by atoms with E-state index in [1.807, 2.05) is 11.8 Å². The summed E-state index contributed by atoms with van der Waals surface area (Å²) in [4.78, 5) is 27.7. The van der Waals surface area contributed by atoms with Gasteiger partial charge in [0.05, 0.1) is 5.41 Å². The van der Waals surface area contributed by atoms with E-state index in [-0.39, 0.29) is 28.6 Å². The summed E-state index contributed by atoms with van der Waals surface area (Å²) >= 11 is 0. The molecule has 5 heteroatoms. The lowest BCUT2D eigenvalue weighted by atomic mass is 9.84. The normalized spacial score (nSPS) is 18.9. The third-order valence-electron chi connectivity index (χ3n) is 6.58. The number of ether oxygens (including phenoxy) is 1. The molecule has 1 saturated heterocycles. The molecule has 1 aliphatic carbocycles. The first-order chi connectivity index (χ1) is 14.3. The number of benzene rings is 1. The molecule has 0 radical (unpaired) electrons. The highest BCUT2D eigenvalue weighted by Crippen LogP contribution is 2.50. The lowest BCUT2D eigenvalue weighted by Gasteiger charge is -2.34. The zero-order chi connectivity index (χ0) is 21.8. The summed E-state index contributed by atoms with van der Waals surface area (Å²) in [5.41, 5.74) is 2.23. The minimum atomic E-state index is -0.329. The number of nitrogens with zero attached hydrogens (tertiary/aromatic N) is 1. The Kier molecular flexibility index (Phi) is 7.22. The molecule has 2 aliphatic rings. The first-order valence-corrected chi connectivity index (χ1v) is 11.5. The van der Waals surface area contributed by atoms with Crippen molar-refractivity contribution in [3.05, 3.63) is 35.4 Å². The average molecular weight is 415 g/mol. The van der Waals surface area contributed by atoms with Crippen molar-refractivity contribution in [2.45, 2.75) is 70.6 Å². The van der Waals surface area contributed by atoms with Crippen molar-refractivity contribution in [3.8, 4) is 0 Å². The molecule has 3 rings (SSSR count). The Labute approximate surface area is 181 Å². The molecule has 0 bridgehead atoms. The van der Waals surface area contributed by atoms with Crippen molar-refractivity contribution in [2.24, 2.45) is 5.92 Å². The van der Waals surface area contributed by atoms with Gasteiger partial charge in [0.25, 0.3) is 0 Å². The Hall–Kier alpha value is -1.88. The number of carbonyl (C=O) groups is 2. The molecular weight excluding hydrogens is 376 g/mol. The molecule has 1 N–H and O–H groups in total. The fourth-order valence-electron chi connectivity index (χ4n) is 4.36. The van der Waals surface area contributed by atoms with Crippen LogP contribution in [0.3, 0.4) is 0 Å². The molecule has 2 fully saturated rings. The van der Waals surface area contributed by atoms with E-state index in [0.717, 1.165) is 37.7 Å². The molecule has 1 heterocycles. The van der Waals surface area contributed by atoms with Crippen LogP contribution >= 0.6 is 0 Å². The predicted octanol–water partition coefficient (Wildman–Crippen LogP) is 3.80. The van der Waals surface area contributed by atoms with Gasteiger partial charge in [0, 0.05) is 38.8 Å². The molecule has 166 valence electrons. The second-order valence-electron chi connectivity index (χ2n) is 9.82. The summed E-state index contributed by atoms with van der Waals surface area (Å²) in [6.45, 7) is 12.0. The van der Waals surface area contributed by atoms with Crippen molar-refractivity contribution in [2.75, 3.05) is 32.8 Å². The molecule has 0 atom stereocenters. The van der Waals surface area contributed by atoms with Gasteiger partial charge in [-0.25, -0.2) is 0 Å². The van der Waals surface area contributed by atoms with Crippen molar-refractivity contribution in [1.29, 1.82) is 0 Å². The highest BCUT2D eigenvalue weighted by atomic mass is 16.5. The number of piperidine rings is 1. The maximum Gasteiger partial charge on any atom is 0.233 e. The van der Waals surface area contributed by atoms with Crippen LogP contribution in [-0.4, -0.2) is 49.6 Å². The fourth-order valence-corrected chi connectivity index (χ4v) is 4.36. The molecular formula is C25H38N2O3. The largest absolute Gasteiger partial charge is 0.382 e. The maximum atomic E-state index is 13.3. The molecule has 5 nitrogen and oxygen atoms in total. The molecule has 2 amide bonds. The Bertz CT molecular complexity index is 724. The van der Waals surface area contributed by atoms with Crippen molar-refractivity contribution >= 4 is 11.8 Å². The fraction of sp³-hybridized carbons (Fsp3) is 0.680. The zero-order valence-electron chi connectivity index (χ0n) is 19.1. The smallest absolute Gasteiger partial charge is 0.233 e. The van der Waals surface area contributed by atoms with Crippen molar-refractivity contribution < 1.29 is 14.3 Å². The van der Waals surface area contributed by atoms with Gasteiger partial charge < -0.3 is 15.0 Å². The second kappa shape index (κ2) is 9.51. The van der Waals surface area contributed by atoms with Gasteiger partial charge in [0.2, 0.25) is 11.8 Å². The SMILES string of the molecule is CCOCCCNC(=O)C1CCN(C(=O)C2(c3ccc(C(C)(C)C)cc3)CC2)CC1. The summed E-state index contributed by atoms with van der Waals surface area (Å²) < 4.78 is 5.30. The van der Waals surface area contributed by atoms with Gasteiger partial charge in [-0.15, -0.1) is 0 Å². The summed E-state index contributed by atoms with van der Waals surface area (Å²) in [6.07, 6.45) is 4.21. The van der Waals surface area contributed by atoms with E-state index in [0.29, 0.717) is 32.8 Å². The third kappa shape index (κ3) is 5.23. The van der Waals surface area contributed by atoms with Gasteiger partial charge in [0.1, 0.15) is 0 Å². The number of hydrogen-bond donors (Lipinski definition) is 1. The Morgan fingerprint density at radius 2 is 1.77 bits per heavy atom. The Morgan fingerprint density at radius 1 is 1.13 bits per heavy atom. The van der Waals surface area contributed by atoms with Gasteiger partial charge in [-0.2, -0.15) is 0 Å². The highest BCUT2D eigenvalue weighted by molar-refractivity contribution is 5.91. The van der Waals surface area contributed by atoms with E-state index >= 15 is 0 Å². The molecule has 0 unspecified atom stereocenters. The molecule has 30 heavy (non-hydrogen) atoms. The first kappa shape index (κ1) is 22.8. The summed E-state index contributed by atoms with van der Waals surface area (Å²) in [5, 5.41) is 3.02. The van der Waals surface area contributed by atoms with Gasteiger partial charge in [0.15, 0.2) is 0 Å². The molecule has 0 spiro atoms. The number of rotatable bonds is 8. The van der Waals surface area contributed by atoms with Crippen LogP contribution in [0.15, 0.2) is 24.3 Å². The zero-order valence-corrected chi connectivity index (χ0v) is 19.1. The highest BCUT2D eigenvalue weighted by Gasteiger charge is 2.53. The van der Waals surface area contributed by atoms with Gasteiger partial charge in [-0.3, -0.25) is 9.59 Å². The van der Waals surface area contributed by atoms with Crippen LogP contribution in [-0.2, 0) is 25.2 Å². The van der Waals surface area contributed by atoms with Gasteiger partial charge >= 0.3 is 0 Å². The quantitative estimate of drug-likeness (QED) is 0.658. The first-order valence-electron chi connectivity index (χ1n) is 11.5. The van der Waals surface area contributed by atoms with Crippen LogP contribution in [0.25, 0.3) is 0 Å². The molecule has 0 aromatic heterocycles. The van der Waals surface area contributed by atoms with E-state index in [2.05, 4.69) is 50.4 Å². The third-order valence-corrected chi connectivity index (χ3v) is 6.58. The van der Waals surface area contributed by atoms with Crippen LogP contribution in [0.1, 0.15) is 70.9 Å². The van der Waals surface area contributed by atoms with E-state index in [4.69, 9.17) is 4.74 Å².